The normalized spacial score (nSPS) is 25.8. The average Bonchev–Trinajstić information content (AvgIpc) is 3.41. The zero-order valence-corrected chi connectivity index (χ0v) is 22.8. The molecule has 3 aliphatic rings. The molecule has 0 aliphatic carbocycles. The van der Waals surface area contributed by atoms with Gasteiger partial charge in [-0.2, -0.15) is 0 Å². The van der Waals surface area contributed by atoms with Gasteiger partial charge in [0.15, 0.2) is 5.60 Å². The zero-order chi connectivity index (χ0) is 27.0. The minimum atomic E-state index is -1.40. The summed E-state index contributed by atoms with van der Waals surface area (Å²) in [4.78, 5) is 35.9. The van der Waals surface area contributed by atoms with Crippen LogP contribution in [0.2, 0.25) is 0 Å². The van der Waals surface area contributed by atoms with Crippen molar-refractivity contribution in [1.29, 1.82) is 0 Å². The maximum absolute atomic E-state index is 13.7. The van der Waals surface area contributed by atoms with Crippen LogP contribution in [0.15, 0.2) is 53.7 Å². The Bertz CT molecular complexity index is 1350. The summed E-state index contributed by atoms with van der Waals surface area (Å²) in [5.74, 6) is -0.141. The molecule has 0 saturated carbocycles. The highest BCUT2D eigenvalue weighted by Crippen LogP contribution is 2.36. The lowest BCUT2D eigenvalue weighted by Crippen LogP contribution is -2.59. The summed E-state index contributed by atoms with van der Waals surface area (Å²) in [7, 11) is 2.15. The van der Waals surface area contributed by atoms with Crippen LogP contribution in [0, 0.1) is 5.92 Å². The van der Waals surface area contributed by atoms with Crippen LogP contribution in [-0.4, -0.2) is 86.8 Å². The third-order valence-corrected chi connectivity index (χ3v) is 9.32. The SMILES string of the molecule is CN1CCC(n2ccc3c(=O)n(CC4CCN(C(=O)[C@@]5(O)CCNC[C@H]5c5ccccc5)CC4)cnc32)CC1. The van der Waals surface area contributed by atoms with Gasteiger partial charge in [0.2, 0.25) is 0 Å². The van der Waals surface area contributed by atoms with Gasteiger partial charge in [0, 0.05) is 44.3 Å². The van der Waals surface area contributed by atoms with Gasteiger partial charge in [-0.1, -0.05) is 30.3 Å². The molecule has 9 heteroatoms. The first-order valence-electron chi connectivity index (χ1n) is 14.5. The van der Waals surface area contributed by atoms with Crippen molar-refractivity contribution in [1.82, 2.24) is 29.2 Å². The lowest BCUT2D eigenvalue weighted by atomic mass is 9.76. The molecule has 5 heterocycles. The molecule has 39 heavy (non-hydrogen) atoms. The van der Waals surface area contributed by atoms with E-state index in [1.165, 1.54) is 0 Å². The lowest BCUT2D eigenvalue weighted by molar-refractivity contribution is -0.158. The molecule has 208 valence electrons. The molecule has 1 amide bonds. The maximum Gasteiger partial charge on any atom is 0.262 e. The minimum Gasteiger partial charge on any atom is -0.379 e. The molecule has 6 rings (SSSR count). The van der Waals surface area contributed by atoms with Crippen LogP contribution < -0.4 is 10.9 Å². The number of hydrogen-bond acceptors (Lipinski definition) is 6. The Labute approximate surface area is 229 Å². The number of likely N-dealkylation sites (tertiary alicyclic amines) is 2. The van der Waals surface area contributed by atoms with E-state index in [1.807, 2.05) is 47.5 Å². The number of amides is 1. The molecular formula is C30H40N6O3. The molecule has 2 N–H and O–H groups in total. The Morgan fingerprint density at radius 1 is 1.08 bits per heavy atom. The zero-order valence-electron chi connectivity index (χ0n) is 22.8. The largest absolute Gasteiger partial charge is 0.379 e. The van der Waals surface area contributed by atoms with Crippen LogP contribution in [-0.2, 0) is 11.3 Å². The Morgan fingerprint density at radius 2 is 1.82 bits per heavy atom. The summed E-state index contributed by atoms with van der Waals surface area (Å²) in [5, 5.41) is 15.7. The topological polar surface area (TPSA) is 95.6 Å². The summed E-state index contributed by atoms with van der Waals surface area (Å²) in [5.41, 5.74) is 0.392. The summed E-state index contributed by atoms with van der Waals surface area (Å²) in [6.07, 6.45) is 7.88. The first-order chi connectivity index (χ1) is 18.9. The number of hydrogen-bond donors (Lipinski definition) is 2. The molecule has 3 saturated heterocycles. The van der Waals surface area contributed by atoms with Crippen molar-refractivity contribution >= 4 is 16.9 Å². The molecule has 2 aromatic heterocycles. The van der Waals surface area contributed by atoms with Gasteiger partial charge >= 0.3 is 0 Å². The van der Waals surface area contributed by atoms with Crippen LogP contribution >= 0.6 is 0 Å². The monoisotopic (exact) mass is 532 g/mol. The molecule has 9 nitrogen and oxygen atoms in total. The third-order valence-electron chi connectivity index (χ3n) is 9.32. The lowest BCUT2D eigenvalue weighted by Gasteiger charge is -2.43. The number of fused-ring (bicyclic) bond motifs is 1. The second kappa shape index (κ2) is 10.9. The Morgan fingerprint density at radius 3 is 2.56 bits per heavy atom. The van der Waals surface area contributed by atoms with Crippen LogP contribution in [0.5, 0.6) is 0 Å². The fourth-order valence-electron chi connectivity index (χ4n) is 6.85. The molecule has 3 fully saturated rings. The van der Waals surface area contributed by atoms with Crippen molar-refractivity contribution in [2.24, 2.45) is 5.92 Å². The highest BCUT2D eigenvalue weighted by atomic mass is 16.3. The fourth-order valence-corrected chi connectivity index (χ4v) is 6.85. The number of nitrogens with one attached hydrogen (secondary N) is 1. The standard InChI is InChI=1S/C30H40N6O3/c1-33-14-9-24(10-15-33)36-18-11-25-27(36)32-21-35(28(25)37)20-22-7-16-34(17-8-22)29(38)30(39)12-13-31-19-26(30)23-5-3-2-4-6-23/h2-6,11,18,21-22,24,26,31,39H,7-10,12-17,19-20H2,1H3/t26-,30+/m0/s1. The van der Waals surface area contributed by atoms with Crippen molar-refractivity contribution in [2.45, 2.75) is 56.2 Å². The van der Waals surface area contributed by atoms with E-state index < -0.39 is 5.60 Å². The number of benzene rings is 1. The van der Waals surface area contributed by atoms with Crippen LogP contribution in [0.1, 0.15) is 49.6 Å². The summed E-state index contributed by atoms with van der Waals surface area (Å²) < 4.78 is 3.93. The second-order valence-corrected chi connectivity index (χ2v) is 11.8. The van der Waals surface area contributed by atoms with Crippen molar-refractivity contribution in [3.8, 4) is 0 Å². The van der Waals surface area contributed by atoms with Crippen LogP contribution in [0.4, 0.5) is 0 Å². The van der Waals surface area contributed by atoms with Crippen molar-refractivity contribution < 1.29 is 9.90 Å². The van der Waals surface area contributed by atoms with E-state index >= 15 is 0 Å². The molecular weight excluding hydrogens is 492 g/mol. The van der Waals surface area contributed by atoms with E-state index in [0.29, 0.717) is 50.6 Å². The Kier molecular flexibility index (Phi) is 7.31. The van der Waals surface area contributed by atoms with Gasteiger partial charge in [-0.15, -0.1) is 0 Å². The fraction of sp³-hybridized carbons (Fsp3) is 0.567. The van der Waals surface area contributed by atoms with E-state index in [9.17, 15) is 14.7 Å². The third kappa shape index (κ3) is 5.03. The maximum atomic E-state index is 13.7. The minimum absolute atomic E-state index is 0.0138. The summed E-state index contributed by atoms with van der Waals surface area (Å²) >= 11 is 0. The summed E-state index contributed by atoms with van der Waals surface area (Å²) in [6.45, 7) is 5.12. The van der Waals surface area contributed by atoms with Gasteiger partial charge in [-0.25, -0.2) is 4.98 Å². The molecule has 0 unspecified atom stereocenters. The molecule has 0 spiro atoms. The number of carbonyl (C=O) groups excluding carboxylic acids is 1. The Hall–Kier alpha value is -3.01. The van der Waals surface area contributed by atoms with Gasteiger partial charge in [-0.05, 0) is 76.3 Å². The van der Waals surface area contributed by atoms with Crippen molar-refractivity contribution in [3.05, 3.63) is 64.8 Å². The van der Waals surface area contributed by atoms with Crippen LogP contribution in [0.25, 0.3) is 11.0 Å². The van der Waals surface area contributed by atoms with E-state index in [2.05, 4.69) is 21.8 Å². The van der Waals surface area contributed by atoms with Crippen molar-refractivity contribution in [2.75, 3.05) is 46.3 Å². The number of rotatable bonds is 5. The highest BCUT2D eigenvalue weighted by molar-refractivity contribution is 5.86. The smallest absolute Gasteiger partial charge is 0.262 e. The van der Waals surface area contributed by atoms with E-state index in [-0.39, 0.29) is 23.3 Å². The van der Waals surface area contributed by atoms with Gasteiger partial charge in [0.05, 0.1) is 11.7 Å². The molecule has 3 aliphatic heterocycles. The quantitative estimate of drug-likeness (QED) is 0.523. The van der Waals surface area contributed by atoms with Crippen molar-refractivity contribution in [3.63, 3.8) is 0 Å². The molecule has 2 atom stereocenters. The Balaban J connectivity index is 1.11. The number of aromatic nitrogens is 3. The number of nitrogens with zero attached hydrogens (tertiary/aromatic N) is 5. The highest BCUT2D eigenvalue weighted by Gasteiger charge is 2.48. The number of aliphatic hydroxyl groups is 1. The van der Waals surface area contributed by atoms with Gasteiger partial charge < -0.3 is 24.8 Å². The molecule has 1 aromatic carbocycles. The first kappa shape index (κ1) is 26.2. The molecule has 0 bridgehead atoms. The van der Waals surface area contributed by atoms with E-state index in [4.69, 9.17) is 4.98 Å². The van der Waals surface area contributed by atoms with Gasteiger partial charge in [0.25, 0.3) is 11.5 Å². The first-order valence-corrected chi connectivity index (χ1v) is 14.5. The van der Waals surface area contributed by atoms with Gasteiger partial charge in [-0.3, -0.25) is 14.2 Å². The van der Waals surface area contributed by atoms with Gasteiger partial charge in [0.1, 0.15) is 5.65 Å². The number of piperidine rings is 3. The number of carbonyl (C=O) groups is 1. The van der Waals surface area contributed by atoms with E-state index in [0.717, 1.165) is 50.0 Å². The predicted octanol–water partition coefficient (Wildman–Crippen LogP) is 2.21. The summed E-state index contributed by atoms with van der Waals surface area (Å²) in [6, 6.07) is 12.2. The molecule has 0 radical (unpaired) electrons. The second-order valence-electron chi connectivity index (χ2n) is 11.8. The van der Waals surface area contributed by atoms with Crippen LogP contribution in [0.3, 0.4) is 0 Å². The van der Waals surface area contributed by atoms with E-state index in [1.54, 1.807) is 10.9 Å². The average molecular weight is 533 g/mol. The molecule has 3 aromatic rings. The predicted molar refractivity (Wildman–Crippen MR) is 151 cm³/mol.